The number of furan rings is 1. The topological polar surface area (TPSA) is 229 Å². The summed E-state index contributed by atoms with van der Waals surface area (Å²) in [5, 5.41) is 30.9. The third-order valence-electron chi connectivity index (χ3n) is 16.2. The number of thiazole rings is 1. The molecule has 12 aromatic heterocycles. The summed E-state index contributed by atoms with van der Waals surface area (Å²) in [6, 6.07) is 108. The van der Waals surface area contributed by atoms with Crippen LogP contribution in [0.15, 0.2) is 421 Å². The number of rotatable bonds is 0. The molecular weight excluding hydrogens is 1430 g/mol. The molecule has 0 saturated carbocycles. The number of nitrogens with zero attached hydrogens (tertiary/aromatic N) is 11. The maximum Gasteiger partial charge on any atom is 0.181 e. The molecule has 0 spiro atoms. The van der Waals surface area contributed by atoms with Crippen LogP contribution in [0.4, 0.5) is 0 Å². The van der Waals surface area contributed by atoms with Gasteiger partial charge in [0.1, 0.15) is 17.4 Å². The highest BCUT2D eigenvalue weighted by atomic mass is 32.1. The lowest BCUT2D eigenvalue weighted by molar-refractivity contribution is 0.456. The quantitative estimate of drug-likeness (QED) is 0.128. The summed E-state index contributed by atoms with van der Waals surface area (Å²) in [4.78, 5) is 30.4. The zero-order valence-electron chi connectivity index (χ0n) is 59.6. The number of benzene rings is 12. The standard InChI is InChI=1S/C9H7N.2C8H6N2.C8H7N.C8H6O.C8H6S.2C7H6N2.2C7H5NO.2C7H5NS/c1-2-6-9-8(4-1)5-3-7-10-9;1-2-4-8-7(3-1)5-9-6-10-8;1-2-4-8-7(3-1)5-6-9-10-8;3*1-2-4-8-7(3-1)5-6-9-8;1-2-4-7-6(3-1)8-5-9-7;1-2-4-7-6(3-1)5-8-9-7;1-2-4-7-6(3-1)8-5-9-7;1-2-4-7-6(3-1)5-8-9-7;1-2-4-7-6(3-1)8-5-9-7;1-2-4-7-6(3-1)5-8-9-7/h1-7H;2*1-6H;1-6,9H;2*1-6H;2*1-5H,(H,8,9);4*1-5H. The molecule has 540 valence electrons. The molecular formula is C91H70N14O3S3. The lowest BCUT2D eigenvalue weighted by Crippen LogP contribution is -1.79. The molecule has 24 rings (SSSR count). The number of aromatic nitrogens is 14. The van der Waals surface area contributed by atoms with E-state index in [1.165, 1.54) is 59.1 Å². The Morgan fingerprint density at radius 3 is 1.61 bits per heavy atom. The van der Waals surface area contributed by atoms with Crippen LogP contribution >= 0.6 is 34.2 Å². The highest BCUT2D eigenvalue weighted by Gasteiger charge is 1.98. The number of thiophene rings is 1. The second-order valence-electron chi connectivity index (χ2n) is 23.6. The molecule has 0 atom stereocenters. The van der Waals surface area contributed by atoms with Crippen molar-refractivity contribution in [3.8, 4) is 0 Å². The van der Waals surface area contributed by atoms with Gasteiger partial charge in [0.05, 0.1) is 84.7 Å². The minimum Gasteiger partial charge on any atom is -0.464 e. The van der Waals surface area contributed by atoms with Crippen molar-refractivity contribution >= 4 is 163 Å². The van der Waals surface area contributed by atoms with E-state index >= 15 is 0 Å². The number of imidazole rings is 1. The minimum atomic E-state index is 0.845. The van der Waals surface area contributed by atoms with Crippen LogP contribution in [0, 0.1) is 0 Å². The lowest BCUT2D eigenvalue weighted by Gasteiger charge is -1.91. The first-order valence-electron chi connectivity index (χ1n) is 35.0. The van der Waals surface area contributed by atoms with E-state index in [1.54, 1.807) is 54.0 Å². The smallest absolute Gasteiger partial charge is 0.181 e. The van der Waals surface area contributed by atoms with Crippen molar-refractivity contribution in [2.75, 3.05) is 0 Å². The lowest BCUT2D eigenvalue weighted by atomic mass is 10.2. The van der Waals surface area contributed by atoms with Crippen LogP contribution in [0.25, 0.3) is 129 Å². The summed E-state index contributed by atoms with van der Waals surface area (Å²) in [6.07, 6.45) is 19.1. The third-order valence-corrected chi connectivity index (χ3v) is 18.7. The molecule has 0 aliphatic carbocycles. The third kappa shape index (κ3) is 22.5. The molecule has 0 bridgehead atoms. The monoisotopic (exact) mass is 1500 g/mol. The fourth-order valence-corrected chi connectivity index (χ4v) is 12.8. The van der Waals surface area contributed by atoms with Gasteiger partial charge < -0.3 is 23.3 Å². The SMILES string of the molecule is c1ccc2[nH]ccc2c1.c1ccc2[nH]cnc2c1.c1ccc2[nH]ncc2c1.c1ccc2ncccc2c1.c1ccc2ncncc2c1.c1ccc2nnccc2c1.c1ccc2occc2c1.c1ccc2ocnc2c1.c1ccc2oncc2c1.c1ccc2sccc2c1.c1ccc2scnc2c1.c1ccc2sncc2c1. The molecule has 0 radical (unpaired) electrons. The average molecular weight is 1500 g/mol. The van der Waals surface area contributed by atoms with Crippen LogP contribution in [0.5, 0.6) is 0 Å². The summed E-state index contributed by atoms with van der Waals surface area (Å²) in [7, 11) is 0. The largest absolute Gasteiger partial charge is 0.464 e. The number of fused-ring (bicyclic) bond motifs is 12. The van der Waals surface area contributed by atoms with Crippen LogP contribution in [0.1, 0.15) is 0 Å². The Labute approximate surface area is 649 Å². The zero-order valence-corrected chi connectivity index (χ0v) is 62.0. The molecule has 20 heteroatoms. The summed E-state index contributed by atoms with van der Waals surface area (Å²) < 4.78 is 22.9. The van der Waals surface area contributed by atoms with Gasteiger partial charge in [0.15, 0.2) is 17.6 Å². The van der Waals surface area contributed by atoms with Crippen LogP contribution in [0.2, 0.25) is 0 Å². The van der Waals surface area contributed by atoms with Crippen molar-refractivity contribution in [2.24, 2.45) is 0 Å². The molecule has 3 N–H and O–H groups in total. The second kappa shape index (κ2) is 40.8. The molecule has 12 heterocycles. The van der Waals surface area contributed by atoms with E-state index in [9.17, 15) is 0 Å². The van der Waals surface area contributed by atoms with E-state index in [1.807, 2.05) is 285 Å². The fourth-order valence-electron chi connectivity index (χ4n) is 10.7. The highest BCUT2D eigenvalue weighted by Crippen LogP contribution is 2.21. The van der Waals surface area contributed by atoms with E-state index < -0.39 is 0 Å². The van der Waals surface area contributed by atoms with E-state index in [4.69, 9.17) is 13.4 Å². The number of hydrogen-bond acceptors (Lipinski definition) is 17. The van der Waals surface area contributed by atoms with E-state index in [-0.39, 0.29) is 0 Å². The van der Waals surface area contributed by atoms with Gasteiger partial charge in [-0.1, -0.05) is 205 Å². The van der Waals surface area contributed by atoms with Gasteiger partial charge in [-0.25, -0.2) is 24.9 Å². The van der Waals surface area contributed by atoms with E-state index in [0.717, 1.165) is 87.8 Å². The Hall–Kier alpha value is -14.6. The number of para-hydroxylation sites is 11. The zero-order chi connectivity index (χ0) is 75.4. The molecule has 24 aromatic rings. The minimum absolute atomic E-state index is 0.845. The molecule has 17 nitrogen and oxygen atoms in total. The summed E-state index contributed by atoms with van der Waals surface area (Å²) in [5.74, 6) is 0. The number of H-pyrrole nitrogens is 3. The summed E-state index contributed by atoms with van der Waals surface area (Å²) in [6.45, 7) is 0. The van der Waals surface area contributed by atoms with Crippen LogP contribution < -0.4 is 0 Å². The Kier molecular flexibility index (Phi) is 27.5. The molecule has 0 amide bonds. The van der Waals surface area contributed by atoms with Crippen LogP contribution in [0.3, 0.4) is 0 Å². The van der Waals surface area contributed by atoms with Gasteiger partial charge in [0, 0.05) is 72.7 Å². The predicted octanol–water partition coefficient (Wildman–Crippen LogP) is 24.4. The molecule has 0 fully saturated rings. The molecule has 0 saturated heterocycles. The first kappa shape index (κ1) is 74.7. The predicted molar refractivity (Wildman–Crippen MR) is 457 cm³/mol. The Morgan fingerprint density at radius 1 is 0.315 bits per heavy atom. The molecule has 12 aromatic carbocycles. The van der Waals surface area contributed by atoms with Gasteiger partial charge in [-0.15, -0.1) is 22.7 Å². The number of aromatic amines is 3. The van der Waals surface area contributed by atoms with E-state index in [2.05, 4.69) is 154 Å². The van der Waals surface area contributed by atoms with Crippen molar-refractivity contribution in [3.05, 3.63) is 407 Å². The Balaban J connectivity index is 0.000000106. The summed E-state index contributed by atoms with van der Waals surface area (Å²) >= 11 is 5.00. The van der Waals surface area contributed by atoms with Crippen molar-refractivity contribution in [1.82, 2.24) is 69.8 Å². The highest BCUT2D eigenvalue weighted by molar-refractivity contribution is 7.17. The summed E-state index contributed by atoms with van der Waals surface area (Å²) in [5.41, 5.74) is 14.0. The van der Waals surface area contributed by atoms with Crippen molar-refractivity contribution in [1.29, 1.82) is 0 Å². The Bertz CT molecular complexity index is 5160. The number of hydrogen-bond donors (Lipinski definition) is 3. The molecule has 0 aliphatic rings. The van der Waals surface area contributed by atoms with Gasteiger partial charge in [0.25, 0.3) is 0 Å². The van der Waals surface area contributed by atoms with E-state index in [0.29, 0.717) is 0 Å². The van der Waals surface area contributed by atoms with Gasteiger partial charge in [0.2, 0.25) is 0 Å². The first-order chi connectivity index (χ1) is 55.1. The van der Waals surface area contributed by atoms with Crippen molar-refractivity contribution < 1.29 is 13.4 Å². The maximum atomic E-state index is 5.12. The average Bonchev–Trinajstić information content (AvgIpc) is 1.40. The molecule has 0 unspecified atom stereocenters. The van der Waals surface area contributed by atoms with Gasteiger partial charge in [-0.05, 0) is 155 Å². The Morgan fingerprint density at radius 2 is 0.910 bits per heavy atom. The number of pyridine rings is 1. The molecule has 111 heavy (non-hydrogen) atoms. The van der Waals surface area contributed by atoms with Gasteiger partial charge >= 0.3 is 0 Å². The van der Waals surface area contributed by atoms with Crippen LogP contribution in [-0.2, 0) is 0 Å². The normalized spacial score (nSPS) is 10.2. The number of oxazole rings is 1. The molecule has 0 aliphatic heterocycles. The fraction of sp³-hybridized carbons (Fsp3) is 0. The van der Waals surface area contributed by atoms with Crippen LogP contribution in [-0.4, -0.2) is 69.8 Å². The van der Waals surface area contributed by atoms with Gasteiger partial charge in [-0.3, -0.25) is 10.1 Å². The van der Waals surface area contributed by atoms with Crippen molar-refractivity contribution in [3.63, 3.8) is 0 Å². The maximum absolute atomic E-state index is 5.12. The number of nitrogens with one attached hydrogen (secondary N) is 3. The van der Waals surface area contributed by atoms with Gasteiger partial charge in [-0.2, -0.15) is 19.7 Å². The first-order valence-corrected chi connectivity index (χ1v) is 37.5. The van der Waals surface area contributed by atoms with Crippen molar-refractivity contribution in [2.45, 2.75) is 0 Å². The second-order valence-corrected chi connectivity index (χ2v) is 26.3.